The van der Waals surface area contributed by atoms with Crippen molar-refractivity contribution in [3.8, 4) is 0 Å². The van der Waals surface area contributed by atoms with Gasteiger partial charge in [0.2, 0.25) is 0 Å². The number of amides is 2. The summed E-state index contributed by atoms with van der Waals surface area (Å²) in [5, 5.41) is 2.78. The number of carbonyl (C=O) groups excluding carboxylic acids is 2. The number of nitrogens with zero attached hydrogens (tertiary/aromatic N) is 2. The first-order valence-electron chi connectivity index (χ1n) is 8.98. The molecule has 2 aliphatic rings. The molecule has 2 saturated heterocycles. The molecule has 2 atom stereocenters. The molecule has 0 saturated carbocycles. The van der Waals surface area contributed by atoms with Crippen LogP contribution in [0.25, 0.3) is 0 Å². The second-order valence-corrected chi connectivity index (χ2v) is 6.94. The van der Waals surface area contributed by atoms with Gasteiger partial charge in [-0.2, -0.15) is 0 Å². The summed E-state index contributed by atoms with van der Waals surface area (Å²) < 4.78 is 0. The highest BCUT2D eigenvalue weighted by atomic mass is 16.2. The Labute approximate surface area is 144 Å². The Hall–Kier alpha value is -1.88. The van der Waals surface area contributed by atoms with Crippen molar-refractivity contribution in [3.05, 3.63) is 35.9 Å². The molecule has 2 unspecified atom stereocenters. The minimum atomic E-state index is -0.455. The van der Waals surface area contributed by atoms with Crippen LogP contribution in [0.2, 0.25) is 0 Å². The highest BCUT2D eigenvalue weighted by Crippen LogP contribution is 2.28. The summed E-state index contributed by atoms with van der Waals surface area (Å²) in [4.78, 5) is 28.7. The van der Waals surface area contributed by atoms with Crippen LogP contribution in [0.1, 0.15) is 31.2 Å². The van der Waals surface area contributed by atoms with Gasteiger partial charge in [0.25, 0.3) is 0 Å². The van der Waals surface area contributed by atoms with E-state index in [4.69, 9.17) is 0 Å². The van der Waals surface area contributed by atoms with Gasteiger partial charge in [-0.1, -0.05) is 30.3 Å². The molecule has 0 aromatic heterocycles. The van der Waals surface area contributed by atoms with Crippen LogP contribution in [0.4, 0.5) is 0 Å². The number of hydrogen-bond donors (Lipinski definition) is 1. The van der Waals surface area contributed by atoms with Crippen molar-refractivity contribution in [3.63, 3.8) is 0 Å². The molecule has 5 nitrogen and oxygen atoms in total. The Morgan fingerprint density at radius 3 is 2.67 bits per heavy atom. The van der Waals surface area contributed by atoms with E-state index >= 15 is 0 Å². The second kappa shape index (κ2) is 7.79. The number of likely N-dealkylation sites (N-methyl/N-ethyl adjacent to an activating group) is 1. The van der Waals surface area contributed by atoms with Crippen LogP contribution in [0, 0.1) is 0 Å². The van der Waals surface area contributed by atoms with Gasteiger partial charge in [0, 0.05) is 31.7 Å². The maximum Gasteiger partial charge on any atom is 0.311 e. The first kappa shape index (κ1) is 17.0. The Balaban J connectivity index is 1.42. The number of likely N-dealkylation sites (tertiary alicyclic amines) is 1. The van der Waals surface area contributed by atoms with E-state index in [2.05, 4.69) is 29.4 Å². The maximum atomic E-state index is 12.4. The van der Waals surface area contributed by atoms with Crippen LogP contribution in [-0.2, 0) is 16.0 Å². The topological polar surface area (TPSA) is 52.7 Å². The predicted molar refractivity (Wildman–Crippen MR) is 93.5 cm³/mol. The van der Waals surface area contributed by atoms with E-state index in [0.29, 0.717) is 31.7 Å². The fraction of sp³-hybridized carbons (Fsp3) is 0.579. The minimum absolute atomic E-state index is 0.365. The van der Waals surface area contributed by atoms with Gasteiger partial charge in [-0.05, 0) is 44.7 Å². The van der Waals surface area contributed by atoms with Gasteiger partial charge in [0.1, 0.15) is 0 Å². The molecule has 0 aliphatic carbocycles. The largest absolute Gasteiger partial charge is 0.348 e. The van der Waals surface area contributed by atoms with E-state index in [1.165, 1.54) is 12.0 Å². The maximum absolute atomic E-state index is 12.4. The van der Waals surface area contributed by atoms with Crippen molar-refractivity contribution >= 4 is 11.8 Å². The van der Waals surface area contributed by atoms with Crippen LogP contribution in [0.5, 0.6) is 0 Å². The highest BCUT2D eigenvalue weighted by Gasteiger charge is 2.37. The number of fused-ring (bicyclic) bond motifs is 2. The van der Waals surface area contributed by atoms with E-state index in [1.54, 1.807) is 4.90 Å². The molecule has 2 aliphatic heterocycles. The number of rotatable bonds is 4. The fourth-order valence-corrected chi connectivity index (χ4v) is 3.85. The number of nitrogens with one attached hydrogen (secondary N) is 1. The van der Waals surface area contributed by atoms with Crippen LogP contribution >= 0.6 is 0 Å². The zero-order valence-corrected chi connectivity index (χ0v) is 14.4. The summed E-state index contributed by atoms with van der Waals surface area (Å²) >= 11 is 0. The van der Waals surface area contributed by atoms with E-state index in [-0.39, 0.29) is 5.91 Å². The van der Waals surface area contributed by atoms with E-state index < -0.39 is 5.91 Å². The molecular formula is C19H27N3O2. The van der Waals surface area contributed by atoms with Gasteiger partial charge in [-0.25, -0.2) is 0 Å². The monoisotopic (exact) mass is 329 g/mol. The molecule has 2 amide bonds. The Kier molecular flexibility index (Phi) is 5.51. The van der Waals surface area contributed by atoms with Gasteiger partial charge in [0.15, 0.2) is 0 Å². The van der Waals surface area contributed by atoms with Crippen molar-refractivity contribution in [1.82, 2.24) is 15.1 Å². The van der Waals surface area contributed by atoms with Crippen LogP contribution < -0.4 is 5.32 Å². The van der Waals surface area contributed by atoms with Gasteiger partial charge >= 0.3 is 11.8 Å². The standard InChI is InChI=1S/C19H27N3O2/c1-21-16-9-10-17(21)14-22(13-11-16)19(24)18(23)20-12-5-8-15-6-3-2-4-7-15/h2-4,6-7,16-17H,5,8-14H2,1H3,(H,20,23). The molecule has 2 fully saturated rings. The average molecular weight is 329 g/mol. The van der Waals surface area contributed by atoms with Crippen LogP contribution in [0.15, 0.2) is 30.3 Å². The van der Waals surface area contributed by atoms with Crippen molar-refractivity contribution in [2.45, 2.75) is 44.2 Å². The van der Waals surface area contributed by atoms with E-state index in [9.17, 15) is 9.59 Å². The molecule has 1 aromatic carbocycles. The van der Waals surface area contributed by atoms with Gasteiger partial charge in [-0.15, -0.1) is 0 Å². The average Bonchev–Trinajstić information content (AvgIpc) is 2.84. The third-order valence-electron chi connectivity index (χ3n) is 5.40. The third kappa shape index (κ3) is 3.96. The summed E-state index contributed by atoms with van der Waals surface area (Å²) in [5.41, 5.74) is 1.25. The van der Waals surface area contributed by atoms with Crippen LogP contribution in [0.3, 0.4) is 0 Å². The van der Waals surface area contributed by atoms with E-state index in [1.807, 2.05) is 18.2 Å². The quantitative estimate of drug-likeness (QED) is 0.672. The molecule has 1 aromatic rings. The fourth-order valence-electron chi connectivity index (χ4n) is 3.85. The molecule has 2 heterocycles. The van der Waals surface area contributed by atoms with Crippen molar-refractivity contribution in [2.75, 3.05) is 26.7 Å². The highest BCUT2D eigenvalue weighted by molar-refractivity contribution is 6.35. The van der Waals surface area contributed by atoms with Gasteiger partial charge < -0.3 is 10.2 Å². The normalized spacial score (nSPS) is 23.8. The van der Waals surface area contributed by atoms with Crippen molar-refractivity contribution in [2.24, 2.45) is 0 Å². The smallest absolute Gasteiger partial charge is 0.311 e. The number of carbonyl (C=O) groups is 2. The number of benzene rings is 1. The number of aryl methyl sites for hydroxylation is 1. The SMILES string of the molecule is CN1C2CCC1CN(C(=O)C(=O)NCCCc1ccccc1)CC2. The lowest BCUT2D eigenvalue weighted by Crippen LogP contribution is -2.46. The third-order valence-corrected chi connectivity index (χ3v) is 5.40. The summed E-state index contributed by atoms with van der Waals surface area (Å²) in [6, 6.07) is 11.2. The molecule has 0 radical (unpaired) electrons. The Morgan fingerprint density at radius 1 is 1.12 bits per heavy atom. The molecule has 130 valence electrons. The Morgan fingerprint density at radius 2 is 1.88 bits per heavy atom. The summed E-state index contributed by atoms with van der Waals surface area (Å²) in [7, 11) is 2.14. The minimum Gasteiger partial charge on any atom is -0.348 e. The molecule has 24 heavy (non-hydrogen) atoms. The lowest BCUT2D eigenvalue weighted by molar-refractivity contribution is -0.146. The zero-order valence-electron chi connectivity index (χ0n) is 14.4. The molecule has 3 rings (SSSR count). The molecular weight excluding hydrogens is 302 g/mol. The van der Waals surface area contributed by atoms with E-state index in [0.717, 1.165) is 25.7 Å². The first-order valence-corrected chi connectivity index (χ1v) is 8.98. The summed E-state index contributed by atoms with van der Waals surface area (Å²) in [5.74, 6) is -0.820. The molecule has 0 spiro atoms. The van der Waals surface area contributed by atoms with Crippen molar-refractivity contribution < 1.29 is 9.59 Å². The van der Waals surface area contributed by atoms with Crippen LogP contribution in [-0.4, -0.2) is 60.4 Å². The summed E-state index contributed by atoms with van der Waals surface area (Å²) in [6.07, 6.45) is 5.07. The lowest BCUT2D eigenvalue weighted by atomic mass is 10.1. The lowest BCUT2D eigenvalue weighted by Gasteiger charge is -2.25. The first-order chi connectivity index (χ1) is 11.6. The van der Waals surface area contributed by atoms with Gasteiger partial charge in [0.05, 0.1) is 0 Å². The number of hydrogen-bond acceptors (Lipinski definition) is 3. The molecule has 2 bridgehead atoms. The second-order valence-electron chi connectivity index (χ2n) is 6.94. The summed E-state index contributed by atoms with van der Waals surface area (Å²) in [6.45, 7) is 1.92. The molecule has 5 heteroatoms. The predicted octanol–water partition coefficient (Wildman–Crippen LogP) is 1.43. The van der Waals surface area contributed by atoms with Gasteiger partial charge in [-0.3, -0.25) is 14.5 Å². The Bertz CT molecular complexity index is 575. The zero-order chi connectivity index (χ0) is 16.9. The molecule has 1 N–H and O–H groups in total. The van der Waals surface area contributed by atoms with Crippen molar-refractivity contribution in [1.29, 1.82) is 0 Å².